The normalized spacial score (nSPS) is 55.2. The predicted octanol–water partition coefficient (Wildman–Crippen LogP) is 3.60. The molecule has 3 N–H and O–H groups in total. The van der Waals surface area contributed by atoms with E-state index in [1.54, 1.807) is 6.92 Å². The van der Waals surface area contributed by atoms with Gasteiger partial charge in [0.25, 0.3) is 0 Å². The Morgan fingerprint density at radius 3 is 2.35 bits per heavy atom. The molecule has 4 saturated carbocycles. The van der Waals surface area contributed by atoms with Gasteiger partial charge < -0.3 is 29.5 Å². The van der Waals surface area contributed by atoms with Crippen molar-refractivity contribution in [2.24, 2.45) is 40.4 Å². The quantitative estimate of drug-likeness (QED) is 0.528. The summed E-state index contributed by atoms with van der Waals surface area (Å²) in [7, 11) is 1.49. The molecule has 0 aromatic heterocycles. The van der Waals surface area contributed by atoms with Crippen LogP contribution in [0.15, 0.2) is 0 Å². The van der Waals surface area contributed by atoms with Crippen LogP contribution in [-0.4, -0.2) is 65.2 Å². The summed E-state index contributed by atoms with van der Waals surface area (Å²) in [5.74, 6) is 1.68. The van der Waals surface area contributed by atoms with Gasteiger partial charge in [0.1, 0.15) is 18.3 Å². The molecule has 1 aliphatic heterocycles. The SMILES string of the molecule is CO[C@@H]1[C@H](O)[C@@H](OC2CC[C@@]3(C)[C@H](CC[C@@H]4[C@@H]3CC[C@]3(C)[C@@H](C(=O)O)CC[C@@H]43)C2)O[C@H](C)[C@H]1O. The lowest BCUT2D eigenvalue weighted by atomic mass is 9.44. The van der Waals surface area contributed by atoms with Crippen molar-refractivity contribution in [3.8, 4) is 0 Å². The molecule has 0 spiro atoms. The fourth-order valence-electron chi connectivity index (χ4n) is 9.33. The molecule has 0 bridgehead atoms. The Morgan fingerprint density at radius 2 is 1.65 bits per heavy atom. The van der Waals surface area contributed by atoms with Gasteiger partial charge in [-0.3, -0.25) is 4.79 Å². The molecule has 13 atom stereocenters. The van der Waals surface area contributed by atoms with Crippen LogP contribution in [-0.2, 0) is 19.0 Å². The molecule has 5 aliphatic rings. The molecule has 194 valence electrons. The number of carboxylic acid groups (broad SMARTS) is 1. The average molecular weight is 481 g/mol. The van der Waals surface area contributed by atoms with Crippen molar-refractivity contribution in [1.29, 1.82) is 0 Å². The van der Waals surface area contributed by atoms with Crippen LogP contribution < -0.4 is 0 Å². The Kier molecular flexibility index (Phi) is 6.59. The number of hydrogen-bond acceptors (Lipinski definition) is 6. The summed E-state index contributed by atoms with van der Waals surface area (Å²) in [6.45, 7) is 6.54. The van der Waals surface area contributed by atoms with Crippen LogP contribution in [0.2, 0.25) is 0 Å². The fraction of sp³-hybridized carbons (Fsp3) is 0.963. The number of hydrogen-bond donors (Lipinski definition) is 3. The predicted molar refractivity (Wildman–Crippen MR) is 125 cm³/mol. The summed E-state index contributed by atoms with van der Waals surface area (Å²) in [6, 6.07) is 0. The van der Waals surface area contributed by atoms with Gasteiger partial charge in [-0.2, -0.15) is 0 Å². The summed E-state index contributed by atoms with van der Waals surface area (Å²) in [6.07, 6.45) is 5.68. The van der Waals surface area contributed by atoms with Crippen molar-refractivity contribution in [2.45, 2.75) is 115 Å². The maximum absolute atomic E-state index is 11.9. The lowest BCUT2D eigenvalue weighted by molar-refractivity contribution is -0.312. The number of carboxylic acids is 1. The lowest BCUT2D eigenvalue weighted by Gasteiger charge is -2.61. The minimum Gasteiger partial charge on any atom is -0.481 e. The number of aliphatic hydroxyl groups is 2. The number of methoxy groups -OCH3 is 1. The lowest BCUT2D eigenvalue weighted by Crippen LogP contribution is -2.59. The Morgan fingerprint density at radius 1 is 0.941 bits per heavy atom. The first-order valence-corrected chi connectivity index (χ1v) is 13.5. The third kappa shape index (κ3) is 3.76. The van der Waals surface area contributed by atoms with Crippen LogP contribution in [0.25, 0.3) is 0 Å². The first kappa shape index (κ1) is 24.9. The van der Waals surface area contributed by atoms with Gasteiger partial charge in [-0.1, -0.05) is 13.8 Å². The van der Waals surface area contributed by atoms with Crippen molar-refractivity contribution < 1.29 is 34.3 Å². The topological polar surface area (TPSA) is 105 Å². The van der Waals surface area contributed by atoms with Gasteiger partial charge in [-0.15, -0.1) is 0 Å². The number of rotatable bonds is 4. The molecule has 1 unspecified atom stereocenters. The monoisotopic (exact) mass is 480 g/mol. The van der Waals surface area contributed by atoms with E-state index in [9.17, 15) is 20.1 Å². The second-order valence-corrected chi connectivity index (χ2v) is 12.6. The smallest absolute Gasteiger partial charge is 0.307 e. The van der Waals surface area contributed by atoms with Gasteiger partial charge in [0.05, 0.1) is 18.1 Å². The Balaban J connectivity index is 1.26. The summed E-state index contributed by atoms with van der Waals surface area (Å²) in [5.41, 5.74) is 0.236. The zero-order chi connectivity index (χ0) is 24.4. The van der Waals surface area contributed by atoms with E-state index in [2.05, 4.69) is 13.8 Å². The minimum absolute atomic E-state index is 0.0333. The van der Waals surface area contributed by atoms with E-state index in [4.69, 9.17) is 14.2 Å². The van der Waals surface area contributed by atoms with Crippen LogP contribution in [0.1, 0.15) is 78.6 Å². The maximum Gasteiger partial charge on any atom is 0.307 e. The van der Waals surface area contributed by atoms with E-state index < -0.39 is 36.7 Å². The highest BCUT2D eigenvalue weighted by molar-refractivity contribution is 5.71. The van der Waals surface area contributed by atoms with E-state index >= 15 is 0 Å². The highest BCUT2D eigenvalue weighted by Crippen LogP contribution is 2.67. The molecule has 34 heavy (non-hydrogen) atoms. The van der Waals surface area contributed by atoms with Gasteiger partial charge in [0.15, 0.2) is 6.29 Å². The third-order valence-corrected chi connectivity index (χ3v) is 11.3. The molecule has 0 amide bonds. The maximum atomic E-state index is 11.9. The van der Waals surface area contributed by atoms with Gasteiger partial charge in [-0.05, 0) is 99.2 Å². The molecule has 5 fully saturated rings. The van der Waals surface area contributed by atoms with Crippen LogP contribution >= 0.6 is 0 Å². The molecular weight excluding hydrogens is 436 g/mol. The largest absolute Gasteiger partial charge is 0.481 e. The molecule has 0 radical (unpaired) electrons. The second kappa shape index (κ2) is 8.98. The highest BCUT2D eigenvalue weighted by Gasteiger charge is 2.61. The average Bonchev–Trinajstić information content (AvgIpc) is 3.15. The first-order chi connectivity index (χ1) is 16.1. The van der Waals surface area contributed by atoms with Crippen LogP contribution in [0.4, 0.5) is 0 Å². The van der Waals surface area contributed by atoms with Crippen LogP contribution in [0, 0.1) is 40.4 Å². The molecule has 1 heterocycles. The molecule has 7 heteroatoms. The van der Waals surface area contributed by atoms with E-state index in [0.717, 1.165) is 44.9 Å². The number of ether oxygens (including phenoxy) is 3. The van der Waals surface area contributed by atoms with E-state index in [0.29, 0.717) is 23.7 Å². The Labute approximate surface area is 203 Å². The Bertz CT molecular complexity index is 774. The van der Waals surface area contributed by atoms with Gasteiger partial charge in [0.2, 0.25) is 0 Å². The van der Waals surface area contributed by atoms with Crippen molar-refractivity contribution in [3.63, 3.8) is 0 Å². The number of carbonyl (C=O) groups is 1. The number of aliphatic hydroxyl groups excluding tert-OH is 2. The van der Waals surface area contributed by atoms with Crippen LogP contribution in [0.3, 0.4) is 0 Å². The molecule has 0 aromatic carbocycles. The van der Waals surface area contributed by atoms with E-state index in [-0.39, 0.29) is 22.9 Å². The molecule has 0 aromatic rings. The fourth-order valence-corrected chi connectivity index (χ4v) is 9.33. The van der Waals surface area contributed by atoms with Gasteiger partial charge in [-0.25, -0.2) is 0 Å². The van der Waals surface area contributed by atoms with Crippen LogP contribution in [0.5, 0.6) is 0 Å². The molecule has 7 nitrogen and oxygen atoms in total. The van der Waals surface area contributed by atoms with E-state index in [1.807, 2.05) is 0 Å². The zero-order valence-electron chi connectivity index (χ0n) is 21.2. The second-order valence-electron chi connectivity index (χ2n) is 12.6. The third-order valence-electron chi connectivity index (χ3n) is 11.3. The zero-order valence-corrected chi connectivity index (χ0v) is 21.2. The highest BCUT2D eigenvalue weighted by atomic mass is 16.7. The number of aliphatic carboxylic acids is 1. The van der Waals surface area contributed by atoms with E-state index in [1.165, 1.54) is 20.0 Å². The van der Waals surface area contributed by atoms with Crippen molar-refractivity contribution >= 4 is 5.97 Å². The Hall–Kier alpha value is -0.730. The van der Waals surface area contributed by atoms with Crippen molar-refractivity contribution in [1.82, 2.24) is 0 Å². The number of fused-ring (bicyclic) bond motifs is 5. The standard InChI is InChI=1S/C27H44O7/c1-14-21(28)23(32-4)22(29)25(33-14)34-16-9-11-26(2)15(13-16)5-6-17-18-7-8-20(24(30)31)27(18,3)12-10-19(17)26/h14-23,25,28-29H,5-13H2,1-4H3,(H,30,31)/t14-,15-,16?,17+,18+,19+,20-,21-,22+,23+,25-,26+,27+/m1/s1. The first-order valence-electron chi connectivity index (χ1n) is 13.5. The molecular formula is C27H44O7. The van der Waals surface area contributed by atoms with Crippen molar-refractivity contribution in [3.05, 3.63) is 0 Å². The van der Waals surface area contributed by atoms with Crippen molar-refractivity contribution in [2.75, 3.05) is 7.11 Å². The minimum atomic E-state index is -1.01. The summed E-state index contributed by atoms with van der Waals surface area (Å²) < 4.78 is 17.5. The molecule has 4 aliphatic carbocycles. The molecule has 5 rings (SSSR count). The summed E-state index contributed by atoms with van der Waals surface area (Å²) in [4.78, 5) is 11.9. The van der Waals surface area contributed by atoms with Gasteiger partial charge in [0, 0.05) is 7.11 Å². The van der Waals surface area contributed by atoms with Gasteiger partial charge >= 0.3 is 5.97 Å². The molecule has 1 saturated heterocycles. The summed E-state index contributed by atoms with van der Waals surface area (Å²) in [5, 5.41) is 30.8. The summed E-state index contributed by atoms with van der Waals surface area (Å²) >= 11 is 0.